The Hall–Kier alpha value is -1.29. The van der Waals surface area contributed by atoms with Crippen molar-refractivity contribution in [2.24, 2.45) is 11.7 Å². The average molecular weight is 251 g/mol. The highest BCUT2D eigenvalue weighted by atomic mass is 16.5. The lowest BCUT2D eigenvalue weighted by molar-refractivity contribution is -0.140. The number of rotatable bonds is 6. The third kappa shape index (κ3) is 3.35. The van der Waals surface area contributed by atoms with Gasteiger partial charge in [0.15, 0.2) is 0 Å². The molecule has 2 rings (SSSR count). The number of esters is 1. The van der Waals surface area contributed by atoms with Crippen LogP contribution in [0.25, 0.3) is 0 Å². The molecule has 0 saturated heterocycles. The van der Waals surface area contributed by atoms with E-state index in [1.54, 1.807) is 0 Å². The first-order chi connectivity index (χ1) is 8.60. The highest BCUT2D eigenvalue weighted by Gasteiger charge is 2.36. The van der Waals surface area contributed by atoms with Crippen LogP contribution in [0, 0.1) is 5.92 Å². The summed E-state index contributed by atoms with van der Waals surface area (Å²) in [6.45, 7) is 2.23. The smallest absolute Gasteiger partial charge is 0.305 e. The zero-order valence-electron chi connectivity index (χ0n) is 11.0. The molecule has 3 atom stereocenters. The molecule has 3 unspecified atom stereocenters. The number of hydrogen-bond acceptors (Lipinski definition) is 4. The summed E-state index contributed by atoms with van der Waals surface area (Å²) < 4.78 is 10.4. The average Bonchev–Trinajstić information content (AvgIpc) is 2.89. The van der Waals surface area contributed by atoms with E-state index in [9.17, 15) is 4.79 Å². The van der Waals surface area contributed by atoms with Crippen molar-refractivity contribution in [3.05, 3.63) is 23.7 Å². The molecule has 4 nitrogen and oxygen atoms in total. The molecule has 1 aromatic heterocycles. The van der Waals surface area contributed by atoms with Crippen molar-refractivity contribution in [1.29, 1.82) is 0 Å². The molecule has 2 N–H and O–H groups in total. The van der Waals surface area contributed by atoms with Crippen molar-refractivity contribution in [3.8, 4) is 0 Å². The van der Waals surface area contributed by atoms with Crippen molar-refractivity contribution in [3.63, 3.8) is 0 Å². The Kier molecular flexibility index (Phi) is 4.07. The van der Waals surface area contributed by atoms with Crippen LogP contribution >= 0.6 is 0 Å². The topological polar surface area (TPSA) is 65.5 Å². The number of ether oxygens (including phenoxy) is 1. The van der Waals surface area contributed by atoms with Gasteiger partial charge in [0.05, 0.1) is 7.11 Å². The van der Waals surface area contributed by atoms with Crippen LogP contribution in [-0.2, 0) is 16.0 Å². The Morgan fingerprint density at radius 1 is 1.61 bits per heavy atom. The molecule has 0 amide bonds. The molecule has 1 fully saturated rings. The third-order valence-electron chi connectivity index (χ3n) is 3.57. The summed E-state index contributed by atoms with van der Waals surface area (Å²) in [7, 11) is 1.39. The molecule has 18 heavy (non-hydrogen) atoms. The zero-order chi connectivity index (χ0) is 13.1. The van der Waals surface area contributed by atoms with Crippen LogP contribution in [0.1, 0.15) is 43.6 Å². The highest BCUT2D eigenvalue weighted by Crippen LogP contribution is 2.47. The molecule has 0 aromatic carbocycles. The van der Waals surface area contributed by atoms with Crippen molar-refractivity contribution in [2.45, 2.75) is 44.6 Å². The van der Waals surface area contributed by atoms with Crippen LogP contribution in [0.4, 0.5) is 0 Å². The Morgan fingerprint density at radius 3 is 2.94 bits per heavy atom. The van der Waals surface area contributed by atoms with E-state index in [4.69, 9.17) is 10.2 Å². The number of furan rings is 1. The lowest BCUT2D eigenvalue weighted by Gasteiger charge is -2.08. The van der Waals surface area contributed by atoms with E-state index in [-0.39, 0.29) is 12.0 Å². The summed E-state index contributed by atoms with van der Waals surface area (Å²) >= 11 is 0. The van der Waals surface area contributed by atoms with Gasteiger partial charge in [-0.25, -0.2) is 0 Å². The second-order valence-electron chi connectivity index (χ2n) is 5.20. The monoisotopic (exact) mass is 251 g/mol. The summed E-state index contributed by atoms with van der Waals surface area (Å²) in [5, 5.41) is 0. The second-order valence-corrected chi connectivity index (χ2v) is 5.20. The summed E-state index contributed by atoms with van der Waals surface area (Å²) in [4.78, 5) is 11.0. The molecule has 1 saturated carbocycles. The Labute approximate surface area is 107 Å². The molecule has 0 spiro atoms. The molecular weight excluding hydrogens is 230 g/mol. The van der Waals surface area contributed by atoms with Crippen molar-refractivity contribution < 1.29 is 13.9 Å². The maximum Gasteiger partial charge on any atom is 0.305 e. The van der Waals surface area contributed by atoms with Gasteiger partial charge in [0.25, 0.3) is 0 Å². The fraction of sp³-hybridized carbons (Fsp3) is 0.643. The Morgan fingerprint density at radius 2 is 2.33 bits per heavy atom. The molecule has 0 radical (unpaired) electrons. The number of carbonyl (C=O) groups excluding carboxylic acids is 1. The van der Waals surface area contributed by atoms with Gasteiger partial charge >= 0.3 is 5.97 Å². The largest absolute Gasteiger partial charge is 0.469 e. The summed E-state index contributed by atoms with van der Waals surface area (Å²) in [5.41, 5.74) is 5.97. The number of nitrogens with two attached hydrogens (primary N) is 1. The molecule has 100 valence electrons. The maximum absolute atomic E-state index is 11.0. The third-order valence-corrected chi connectivity index (χ3v) is 3.57. The lowest BCUT2D eigenvalue weighted by atomic mass is 10.1. The predicted molar refractivity (Wildman–Crippen MR) is 68.2 cm³/mol. The number of carbonyl (C=O) groups is 1. The minimum absolute atomic E-state index is 0.0558. The van der Waals surface area contributed by atoms with Crippen LogP contribution in [0.2, 0.25) is 0 Å². The van der Waals surface area contributed by atoms with E-state index in [2.05, 4.69) is 17.7 Å². The van der Waals surface area contributed by atoms with E-state index in [1.807, 2.05) is 6.07 Å². The van der Waals surface area contributed by atoms with Gasteiger partial charge in [0.1, 0.15) is 11.5 Å². The molecule has 1 aliphatic carbocycles. The van der Waals surface area contributed by atoms with E-state index < -0.39 is 0 Å². The van der Waals surface area contributed by atoms with Gasteiger partial charge in [-0.3, -0.25) is 4.79 Å². The van der Waals surface area contributed by atoms with Crippen LogP contribution in [0.15, 0.2) is 16.5 Å². The molecule has 0 aliphatic heterocycles. The lowest BCUT2D eigenvalue weighted by Crippen LogP contribution is -2.23. The quantitative estimate of drug-likeness (QED) is 0.787. The fourth-order valence-electron chi connectivity index (χ4n) is 2.19. The zero-order valence-corrected chi connectivity index (χ0v) is 11.0. The fourth-order valence-corrected chi connectivity index (χ4v) is 2.19. The van der Waals surface area contributed by atoms with E-state index >= 15 is 0 Å². The van der Waals surface area contributed by atoms with Gasteiger partial charge < -0.3 is 14.9 Å². The Bertz CT molecular complexity index is 413. The molecular formula is C14H21NO3. The molecule has 1 heterocycles. The van der Waals surface area contributed by atoms with Gasteiger partial charge in [-0.2, -0.15) is 0 Å². The standard InChI is InChI=1S/C14H21NO3/c1-9-7-12(9)13-5-4-11(18-13)8-10(15)3-6-14(16)17-2/h4-5,9-10,12H,3,6-8,15H2,1-2H3. The predicted octanol–water partition coefficient (Wildman–Crippen LogP) is 2.23. The summed E-state index contributed by atoms with van der Waals surface area (Å²) in [6, 6.07) is 3.99. The molecule has 0 bridgehead atoms. The van der Waals surface area contributed by atoms with Crippen molar-refractivity contribution in [2.75, 3.05) is 7.11 Å². The SMILES string of the molecule is COC(=O)CCC(N)Cc1ccc(C2CC2C)o1. The molecule has 1 aliphatic rings. The summed E-state index contributed by atoms with van der Waals surface area (Å²) in [5.74, 6) is 3.14. The van der Waals surface area contributed by atoms with Crippen LogP contribution in [-0.4, -0.2) is 19.1 Å². The minimum Gasteiger partial charge on any atom is -0.469 e. The van der Waals surface area contributed by atoms with Crippen molar-refractivity contribution >= 4 is 5.97 Å². The van der Waals surface area contributed by atoms with E-state index in [0.29, 0.717) is 25.2 Å². The number of hydrogen-bond donors (Lipinski definition) is 1. The van der Waals surface area contributed by atoms with Gasteiger partial charge in [0, 0.05) is 24.8 Å². The first-order valence-corrected chi connectivity index (χ1v) is 6.51. The minimum atomic E-state index is -0.211. The van der Waals surface area contributed by atoms with Gasteiger partial charge in [0.2, 0.25) is 0 Å². The van der Waals surface area contributed by atoms with Crippen LogP contribution < -0.4 is 5.73 Å². The Balaban J connectivity index is 1.78. The highest BCUT2D eigenvalue weighted by molar-refractivity contribution is 5.69. The van der Waals surface area contributed by atoms with Gasteiger partial charge in [-0.1, -0.05) is 6.92 Å². The molecule has 4 heteroatoms. The first-order valence-electron chi connectivity index (χ1n) is 6.51. The van der Waals surface area contributed by atoms with E-state index in [1.165, 1.54) is 13.5 Å². The summed E-state index contributed by atoms with van der Waals surface area (Å²) in [6.07, 6.45) is 2.90. The maximum atomic E-state index is 11.0. The van der Waals surface area contributed by atoms with Gasteiger partial charge in [-0.15, -0.1) is 0 Å². The van der Waals surface area contributed by atoms with Gasteiger partial charge in [-0.05, 0) is 30.9 Å². The van der Waals surface area contributed by atoms with Crippen LogP contribution in [0.5, 0.6) is 0 Å². The van der Waals surface area contributed by atoms with E-state index in [0.717, 1.165) is 17.4 Å². The normalized spacial score (nSPS) is 23.7. The second kappa shape index (κ2) is 5.57. The van der Waals surface area contributed by atoms with Crippen molar-refractivity contribution in [1.82, 2.24) is 0 Å². The molecule has 1 aromatic rings. The van der Waals surface area contributed by atoms with Crippen LogP contribution in [0.3, 0.4) is 0 Å². The number of methoxy groups -OCH3 is 1. The first kappa shape index (κ1) is 13.1.